The van der Waals surface area contributed by atoms with Crippen molar-refractivity contribution in [2.24, 2.45) is 0 Å². The van der Waals surface area contributed by atoms with Gasteiger partial charge in [0.25, 0.3) is 17.7 Å². The van der Waals surface area contributed by atoms with Gasteiger partial charge in [-0.05, 0) is 96.1 Å². The number of amides is 4. The number of carbonyl (C=O) groups excluding carboxylic acids is 4. The van der Waals surface area contributed by atoms with Crippen LogP contribution in [0.1, 0.15) is 76.4 Å². The van der Waals surface area contributed by atoms with Gasteiger partial charge in [0, 0.05) is 44.7 Å². The Morgan fingerprint density at radius 2 is 1.48 bits per heavy atom. The Hall–Kier alpha value is -5.88. The Bertz CT molecular complexity index is 2130. The highest BCUT2D eigenvalue weighted by Gasteiger charge is 2.45. The Kier molecular flexibility index (Phi) is 11.3. The number of ether oxygens (including phenoxy) is 1. The molecule has 0 radical (unpaired) electrons. The molecule has 0 saturated carbocycles. The second-order valence-corrected chi connectivity index (χ2v) is 14.4. The van der Waals surface area contributed by atoms with Gasteiger partial charge < -0.3 is 14.7 Å². The van der Waals surface area contributed by atoms with Crippen molar-refractivity contribution in [1.82, 2.24) is 15.1 Å². The molecule has 10 nitrogen and oxygen atoms in total. The van der Waals surface area contributed by atoms with Gasteiger partial charge >= 0.3 is 0 Å². The highest BCUT2D eigenvalue weighted by Crippen LogP contribution is 2.36. The fourth-order valence-electron chi connectivity index (χ4n) is 7.73. The van der Waals surface area contributed by atoms with Gasteiger partial charge in [-0.25, -0.2) is 8.78 Å². The summed E-state index contributed by atoms with van der Waals surface area (Å²) in [4.78, 5) is 55.5. The van der Waals surface area contributed by atoms with Crippen LogP contribution in [0.25, 0.3) is 11.1 Å². The molecule has 2 N–H and O–H groups in total. The quantitative estimate of drug-likeness (QED) is 0.113. The number of benzene rings is 4. The maximum Gasteiger partial charge on any atom is 0.281 e. The molecule has 0 bridgehead atoms. The zero-order valence-electron chi connectivity index (χ0n) is 31.2. The molecular weight excluding hydrogens is 719 g/mol. The number of nitrogens with zero attached hydrogens (tertiary/aromatic N) is 3. The topological polar surface area (TPSA) is 119 Å². The molecule has 4 aromatic carbocycles. The maximum atomic E-state index is 15.0. The summed E-state index contributed by atoms with van der Waals surface area (Å²) in [7, 11) is 0. The number of alkyl halides is 2. The number of nitrogens with one attached hydrogen (secondary N) is 1. The van der Waals surface area contributed by atoms with Crippen LogP contribution in [0.2, 0.25) is 0 Å². The van der Waals surface area contributed by atoms with Crippen LogP contribution >= 0.6 is 0 Å². The molecule has 7 rings (SSSR count). The summed E-state index contributed by atoms with van der Waals surface area (Å²) in [5.41, 5.74) is 6.26. The van der Waals surface area contributed by atoms with Crippen LogP contribution in [0.5, 0.6) is 11.5 Å². The molecule has 3 heterocycles. The molecule has 0 aliphatic carbocycles. The van der Waals surface area contributed by atoms with E-state index < -0.39 is 42.2 Å². The van der Waals surface area contributed by atoms with Crippen LogP contribution in [-0.4, -0.2) is 89.8 Å². The summed E-state index contributed by atoms with van der Waals surface area (Å²) < 4.78 is 35.7. The summed E-state index contributed by atoms with van der Waals surface area (Å²) >= 11 is 0. The van der Waals surface area contributed by atoms with E-state index in [1.807, 2.05) is 42.5 Å². The van der Waals surface area contributed by atoms with Crippen molar-refractivity contribution in [2.45, 2.75) is 51.0 Å². The number of piperazine rings is 1. The number of hydrogen-bond acceptors (Lipinski definition) is 8. The first-order chi connectivity index (χ1) is 27.0. The first-order valence-electron chi connectivity index (χ1n) is 19.0. The van der Waals surface area contributed by atoms with E-state index in [9.17, 15) is 24.3 Å². The van der Waals surface area contributed by atoms with Gasteiger partial charge in [0.05, 0.1) is 11.1 Å². The molecule has 1 atom stereocenters. The molecule has 56 heavy (non-hydrogen) atoms. The number of phenolic OH excluding ortho intramolecular Hbond substituents is 1. The summed E-state index contributed by atoms with van der Waals surface area (Å²) in [6, 6.07) is 28.3. The minimum atomic E-state index is -3.02. The smallest absolute Gasteiger partial charge is 0.281 e. The van der Waals surface area contributed by atoms with Gasteiger partial charge in [0.1, 0.15) is 17.5 Å². The van der Waals surface area contributed by atoms with Crippen molar-refractivity contribution in [1.29, 1.82) is 0 Å². The van der Waals surface area contributed by atoms with Crippen molar-refractivity contribution in [3.63, 3.8) is 0 Å². The lowest BCUT2D eigenvalue weighted by Crippen LogP contribution is -2.54. The van der Waals surface area contributed by atoms with E-state index in [0.29, 0.717) is 44.9 Å². The number of anilines is 1. The molecule has 0 aromatic heterocycles. The minimum absolute atomic E-state index is 0.0542. The van der Waals surface area contributed by atoms with Crippen molar-refractivity contribution in [3.05, 3.63) is 125 Å². The van der Waals surface area contributed by atoms with E-state index in [1.54, 1.807) is 42.5 Å². The van der Waals surface area contributed by atoms with E-state index in [-0.39, 0.29) is 36.1 Å². The molecule has 3 aliphatic heterocycles. The summed E-state index contributed by atoms with van der Waals surface area (Å²) in [5, 5.41) is 12.1. The van der Waals surface area contributed by atoms with Crippen molar-refractivity contribution < 1.29 is 37.8 Å². The third kappa shape index (κ3) is 8.35. The van der Waals surface area contributed by atoms with Crippen LogP contribution in [0.4, 0.5) is 14.5 Å². The molecular formula is C44H44F2N4O6. The van der Waals surface area contributed by atoms with Crippen molar-refractivity contribution >= 4 is 40.5 Å². The van der Waals surface area contributed by atoms with Gasteiger partial charge in [-0.1, -0.05) is 61.5 Å². The molecule has 290 valence electrons. The molecule has 12 heteroatoms. The van der Waals surface area contributed by atoms with Crippen molar-refractivity contribution in [3.8, 4) is 11.5 Å². The number of hydrogen-bond donors (Lipinski definition) is 2. The number of aromatic hydroxyl groups is 1. The second kappa shape index (κ2) is 16.5. The Morgan fingerprint density at radius 3 is 2.14 bits per heavy atom. The SMILES string of the molecule is CC/C(=C(\c1ccc(O)cc1)c1ccc(OCC(F)(F)CCCN2CCN(c3ccc4c(c3)C(=O)N(C3CCC(=O)NC3=O)C4=O)CC2)cc1)c1ccccc1. The number of imide groups is 2. The van der Waals surface area contributed by atoms with Gasteiger partial charge in [0.2, 0.25) is 11.8 Å². The number of carbonyl (C=O) groups is 4. The highest BCUT2D eigenvalue weighted by atomic mass is 19.3. The van der Waals surface area contributed by atoms with Gasteiger partial charge in [-0.2, -0.15) is 0 Å². The number of halogens is 2. The van der Waals surface area contributed by atoms with Gasteiger partial charge in [0.15, 0.2) is 6.61 Å². The molecule has 2 fully saturated rings. The monoisotopic (exact) mass is 762 g/mol. The van der Waals surface area contributed by atoms with E-state index >= 15 is 8.78 Å². The molecule has 2 saturated heterocycles. The van der Waals surface area contributed by atoms with E-state index in [4.69, 9.17) is 4.74 Å². The zero-order valence-corrected chi connectivity index (χ0v) is 31.2. The lowest BCUT2D eigenvalue weighted by atomic mass is 9.88. The van der Waals surface area contributed by atoms with Crippen LogP contribution in [0.15, 0.2) is 97.1 Å². The van der Waals surface area contributed by atoms with Gasteiger partial charge in [-0.3, -0.25) is 34.3 Å². The molecule has 1 unspecified atom stereocenters. The van der Waals surface area contributed by atoms with E-state index in [1.165, 1.54) is 0 Å². The number of fused-ring (bicyclic) bond motifs is 1. The average Bonchev–Trinajstić information content (AvgIpc) is 3.45. The zero-order chi connectivity index (χ0) is 39.4. The first kappa shape index (κ1) is 38.4. The highest BCUT2D eigenvalue weighted by molar-refractivity contribution is 6.23. The normalized spacial score (nSPS) is 18.2. The maximum absolute atomic E-state index is 15.0. The fraction of sp³-hybridized carbons (Fsp3) is 0.318. The third-order valence-corrected chi connectivity index (χ3v) is 10.7. The molecule has 4 aromatic rings. The Labute approximate surface area is 324 Å². The molecule has 4 amide bonds. The van der Waals surface area contributed by atoms with E-state index in [2.05, 4.69) is 34.2 Å². The van der Waals surface area contributed by atoms with Crippen molar-refractivity contribution in [2.75, 3.05) is 44.2 Å². The fourth-order valence-corrected chi connectivity index (χ4v) is 7.73. The van der Waals surface area contributed by atoms with Crippen LogP contribution in [-0.2, 0) is 9.59 Å². The van der Waals surface area contributed by atoms with Crippen LogP contribution in [0, 0.1) is 0 Å². The first-order valence-corrected chi connectivity index (χ1v) is 19.0. The summed E-state index contributed by atoms with van der Waals surface area (Å²) in [6.45, 7) is 4.38. The number of piperidine rings is 1. The molecule has 0 spiro atoms. The lowest BCUT2D eigenvalue weighted by Gasteiger charge is -2.36. The lowest BCUT2D eigenvalue weighted by molar-refractivity contribution is -0.136. The summed E-state index contributed by atoms with van der Waals surface area (Å²) in [5.74, 6) is -4.66. The standard InChI is InChI=1S/C44H44F2N4O6/c1-2-35(29-7-4-3-5-8-29)40(30-9-14-33(51)15-10-30)31-11-16-34(17-12-31)56-28-44(45,46)21-6-22-48-23-25-49(26-24-48)32-13-18-36-37(27-32)43(55)50(42(36)54)38-19-20-39(52)47-41(38)53/h3-5,7-18,27,38,51H,2,6,19-26,28H2,1H3,(H,47,52,53)/b40-35-. The van der Waals surface area contributed by atoms with Crippen LogP contribution < -0.4 is 15.0 Å². The predicted octanol–water partition coefficient (Wildman–Crippen LogP) is 6.78. The summed E-state index contributed by atoms with van der Waals surface area (Å²) in [6.07, 6.45) is 0.880. The predicted molar refractivity (Wildman–Crippen MR) is 209 cm³/mol. The molecule has 3 aliphatic rings. The largest absolute Gasteiger partial charge is 0.508 e. The third-order valence-electron chi connectivity index (χ3n) is 10.7. The second-order valence-electron chi connectivity index (χ2n) is 14.4. The van der Waals surface area contributed by atoms with Gasteiger partial charge in [-0.15, -0.1) is 0 Å². The Morgan fingerprint density at radius 1 is 0.821 bits per heavy atom. The number of phenols is 1. The average molecular weight is 763 g/mol. The van der Waals surface area contributed by atoms with E-state index in [0.717, 1.165) is 44.8 Å². The minimum Gasteiger partial charge on any atom is -0.508 e. The Balaban J connectivity index is 0.900. The number of allylic oxidation sites excluding steroid dienone is 1. The number of rotatable bonds is 13. The van der Waals surface area contributed by atoms with Crippen LogP contribution in [0.3, 0.4) is 0 Å².